The van der Waals surface area contributed by atoms with Gasteiger partial charge in [0.05, 0.1) is 0 Å². The van der Waals surface area contributed by atoms with Crippen LogP contribution in [0.3, 0.4) is 0 Å². The lowest BCUT2D eigenvalue weighted by Crippen LogP contribution is -1.92. The number of aliphatic hydroxyl groups excluding tert-OH is 1. The van der Waals surface area contributed by atoms with Gasteiger partial charge in [0.1, 0.15) is 0 Å². The van der Waals surface area contributed by atoms with Crippen LogP contribution in [-0.4, -0.2) is 22.8 Å². The maximum atomic E-state index is 9.87. The largest absolute Gasteiger partial charge is 0.481 e. The van der Waals surface area contributed by atoms with Crippen molar-refractivity contribution < 1.29 is 15.0 Å². The van der Waals surface area contributed by atoms with E-state index >= 15 is 0 Å². The van der Waals surface area contributed by atoms with Gasteiger partial charge in [-0.3, -0.25) is 4.79 Å². The zero-order valence-corrected chi connectivity index (χ0v) is 15.1. The molecule has 0 saturated heterocycles. The summed E-state index contributed by atoms with van der Waals surface area (Å²) in [6.07, 6.45) is 5.88. The van der Waals surface area contributed by atoms with Gasteiger partial charge in [0.15, 0.2) is 0 Å². The van der Waals surface area contributed by atoms with Crippen LogP contribution in [0, 0.1) is 0 Å². The predicted octanol–water partition coefficient (Wildman–Crippen LogP) is 5.20. The molecular formula is C22H30O3. The van der Waals surface area contributed by atoms with Crippen LogP contribution in [0.4, 0.5) is 0 Å². The molecule has 0 aliphatic heterocycles. The minimum atomic E-state index is -0.682. The van der Waals surface area contributed by atoms with Gasteiger partial charge in [-0.2, -0.15) is 0 Å². The highest BCUT2D eigenvalue weighted by Gasteiger charge is 1.92. The molecule has 136 valence electrons. The molecule has 3 nitrogen and oxygen atoms in total. The summed E-state index contributed by atoms with van der Waals surface area (Å²) in [7, 11) is 0. The van der Waals surface area contributed by atoms with E-state index in [-0.39, 0.29) is 6.61 Å². The topological polar surface area (TPSA) is 57.5 Å². The van der Waals surface area contributed by atoms with Crippen molar-refractivity contribution in [3.05, 3.63) is 78.4 Å². The number of unbranched alkanes of at least 4 members (excludes halogenated alkanes) is 2. The molecule has 0 unspecified atom stereocenters. The van der Waals surface area contributed by atoms with Gasteiger partial charge in [-0.25, -0.2) is 0 Å². The molecule has 2 aromatic rings. The Kier molecular flexibility index (Phi) is 14.9. The van der Waals surface area contributed by atoms with E-state index in [1.165, 1.54) is 11.1 Å². The third kappa shape index (κ3) is 14.9. The highest BCUT2D eigenvalue weighted by Crippen LogP contribution is 1.98. The summed E-state index contributed by atoms with van der Waals surface area (Å²) >= 11 is 0. The molecule has 3 heteroatoms. The van der Waals surface area contributed by atoms with E-state index in [9.17, 15) is 4.79 Å². The van der Waals surface area contributed by atoms with Gasteiger partial charge in [0.25, 0.3) is 0 Å². The number of benzene rings is 2. The Morgan fingerprint density at radius 1 is 1.00 bits per heavy atom. The van der Waals surface area contributed by atoms with Gasteiger partial charge >= 0.3 is 5.97 Å². The Balaban J connectivity index is 0.000000347. The standard InChI is InChI=1S/C8H10O.C8H8.C6H12O2/c9-7-6-8-4-2-1-3-5-8;1-2-8-6-4-3-5-7-8;1-2-3-4-5-6(7)8/h1-5,9H,6-7H2;2-7H,1H2;2-5H2,1H3,(H,7,8). The monoisotopic (exact) mass is 342 g/mol. The van der Waals surface area contributed by atoms with Crippen LogP contribution in [0.2, 0.25) is 0 Å². The van der Waals surface area contributed by atoms with Crippen molar-refractivity contribution in [2.24, 2.45) is 0 Å². The lowest BCUT2D eigenvalue weighted by molar-refractivity contribution is -0.137. The van der Waals surface area contributed by atoms with E-state index in [2.05, 4.69) is 13.5 Å². The quantitative estimate of drug-likeness (QED) is 0.680. The Labute approximate surface area is 151 Å². The number of hydrogen-bond acceptors (Lipinski definition) is 2. The van der Waals surface area contributed by atoms with Gasteiger partial charge in [0.2, 0.25) is 0 Å². The summed E-state index contributed by atoms with van der Waals surface area (Å²) in [5.41, 5.74) is 2.37. The molecule has 0 radical (unpaired) electrons. The fourth-order valence-corrected chi connectivity index (χ4v) is 1.89. The maximum absolute atomic E-state index is 9.87. The average molecular weight is 342 g/mol. The second kappa shape index (κ2) is 16.5. The van der Waals surface area contributed by atoms with Crippen LogP contribution in [0.5, 0.6) is 0 Å². The van der Waals surface area contributed by atoms with E-state index in [1.54, 1.807) is 0 Å². The van der Waals surface area contributed by atoms with Gasteiger partial charge < -0.3 is 10.2 Å². The number of carboxylic acid groups (broad SMARTS) is 1. The average Bonchev–Trinajstić information content (AvgIpc) is 2.65. The van der Waals surface area contributed by atoms with Crippen molar-refractivity contribution in [3.8, 4) is 0 Å². The normalized spacial score (nSPS) is 9.04. The van der Waals surface area contributed by atoms with Crippen molar-refractivity contribution in [3.63, 3.8) is 0 Å². The molecule has 0 aliphatic carbocycles. The molecule has 0 aromatic heterocycles. The van der Waals surface area contributed by atoms with E-state index in [1.807, 2.05) is 66.7 Å². The second-order valence-corrected chi connectivity index (χ2v) is 5.42. The number of hydrogen-bond donors (Lipinski definition) is 2. The summed E-state index contributed by atoms with van der Waals surface area (Å²) in [6.45, 7) is 5.93. The molecule has 0 saturated carbocycles. The fourth-order valence-electron chi connectivity index (χ4n) is 1.89. The third-order valence-corrected chi connectivity index (χ3v) is 3.27. The summed E-state index contributed by atoms with van der Waals surface area (Å²) < 4.78 is 0. The van der Waals surface area contributed by atoms with Gasteiger partial charge in [0, 0.05) is 13.0 Å². The van der Waals surface area contributed by atoms with Gasteiger partial charge in [-0.15, -0.1) is 0 Å². The Bertz CT molecular complexity index is 550. The van der Waals surface area contributed by atoms with Crippen LogP contribution in [0.1, 0.15) is 43.7 Å². The van der Waals surface area contributed by atoms with Crippen molar-refractivity contribution in [1.82, 2.24) is 0 Å². The number of rotatable bonds is 7. The fraction of sp³-hybridized carbons (Fsp3) is 0.318. The molecule has 2 N–H and O–H groups in total. The highest BCUT2D eigenvalue weighted by molar-refractivity contribution is 5.66. The molecule has 0 amide bonds. The predicted molar refractivity (Wildman–Crippen MR) is 106 cm³/mol. The van der Waals surface area contributed by atoms with E-state index in [0.29, 0.717) is 6.42 Å². The molecule has 0 atom stereocenters. The first kappa shape index (κ1) is 22.6. The van der Waals surface area contributed by atoms with Crippen molar-refractivity contribution in [1.29, 1.82) is 0 Å². The van der Waals surface area contributed by atoms with Crippen molar-refractivity contribution >= 4 is 12.0 Å². The van der Waals surface area contributed by atoms with Gasteiger partial charge in [-0.05, 0) is 24.0 Å². The van der Waals surface area contributed by atoms with Gasteiger partial charge in [-0.1, -0.05) is 93.1 Å². The Morgan fingerprint density at radius 3 is 1.96 bits per heavy atom. The van der Waals surface area contributed by atoms with Crippen LogP contribution in [-0.2, 0) is 11.2 Å². The first-order chi connectivity index (χ1) is 12.1. The minimum absolute atomic E-state index is 0.240. The molecule has 0 fully saturated rings. The maximum Gasteiger partial charge on any atom is 0.303 e. The Morgan fingerprint density at radius 2 is 1.56 bits per heavy atom. The lowest BCUT2D eigenvalue weighted by atomic mass is 10.2. The summed E-state index contributed by atoms with van der Waals surface area (Å²) in [5.74, 6) is -0.682. The summed E-state index contributed by atoms with van der Waals surface area (Å²) in [4.78, 5) is 9.87. The third-order valence-electron chi connectivity index (χ3n) is 3.27. The number of aliphatic hydroxyl groups is 1. The number of carboxylic acids is 1. The molecule has 0 aliphatic rings. The highest BCUT2D eigenvalue weighted by atomic mass is 16.4. The molecule has 2 rings (SSSR count). The lowest BCUT2D eigenvalue weighted by Gasteiger charge is -1.93. The Hall–Kier alpha value is -2.39. The molecule has 25 heavy (non-hydrogen) atoms. The summed E-state index contributed by atoms with van der Waals surface area (Å²) in [6, 6.07) is 20.0. The van der Waals surface area contributed by atoms with Crippen LogP contribution < -0.4 is 0 Å². The van der Waals surface area contributed by atoms with Crippen LogP contribution in [0.15, 0.2) is 67.2 Å². The van der Waals surface area contributed by atoms with E-state index in [4.69, 9.17) is 10.2 Å². The second-order valence-electron chi connectivity index (χ2n) is 5.42. The zero-order chi connectivity index (χ0) is 18.8. The first-order valence-electron chi connectivity index (χ1n) is 8.68. The molecule has 0 spiro atoms. The number of aliphatic carboxylic acids is 1. The zero-order valence-electron chi connectivity index (χ0n) is 15.1. The first-order valence-corrected chi connectivity index (χ1v) is 8.68. The summed E-state index contributed by atoms with van der Waals surface area (Å²) in [5, 5.41) is 16.7. The number of carbonyl (C=O) groups is 1. The molecular weight excluding hydrogens is 312 g/mol. The molecule has 0 bridgehead atoms. The van der Waals surface area contributed by atoms with E-state index in [0.717, 1.165) is 25.7 Å². The molecule has 0 heterocycles. The van der Waals surface area contributed by atoms with E-state index < -0.39 is 5.97 Å². The smallest absolute Gasteiger partial charge is 0.303 e. The minimum Gasteiger partial charge on any atom is -0.481 e. The molecule has 2 aromatic carbocycles. The van der Waals surface area contributed by atoms with Crippen LogP contribution in [0.25, 0.3) is 6.08 Å². The van der Waals surface area contributed by atoms with Crippen molar-refractivity contribution in [2.75, 3.05) is 6.61 Å². The van der Waals surface area contributed by atoms with Crippen molar-refractivity contribution in [2.45, 2.75) is 39.0 Å². The SMILES string of the molecule is C=Cc1ccccc1.CCCCCC(=O)O.OCCc1ccccc1. The van der Waals surface area contributed by atoms with Crippen LogP contribution >= 0.6 is 0 Å².